The number of hydrogen-bond donors (Lipinski definition) is 0. The van der Waals surface area contributed by atoms with E-state index in [-0.39, 0.29) is 6.09 Å². The van der Waals surface area contributed by atoms with Gasteiger partial charge in [0.1, 0.15) is 5.75 Å². The van der Waals surface area contributed by atoms with E-state index in [4.69, 9.17) is 4.74 Å². The van der Waals surface area contributed by atoms with Gasteiger partial charge in [-0.2, -0.15) is 0 Å². The van der Waals surface area contributed by atoms with Gasteiger partial charge in [0.15, 0.2) is 0 Å². The van der Waals surface area contributed by atoms with Crippen molar-refractivity contribution in [3.63, 3.8) is 0 Å². The average molecular weight is 262 g/mol. The molecule has 1 aliphatic heterocycles. The van der Waals surface area contributed by atoms with Crippen LogP contribution in [0.1, 0.15) is 18.4 Å². The lowest BCUT2D eigenvalue weighted by Crippen LogP contribution is -2.45. The minimum Gasteiger partial charge on any atom is -0.410 e. The molecule has 0 radical (unpaired) electrons. The monoisotopic (exact) mass is 262 g/mol. The van der Waals surface area contributed by atoms with E-state index < -0.39 is 0 Å². The van der Waals surface area contributed by atoms with Crippen molar-refractivity contribution < 1.29 is 9.53 Å². The zero-order valence-corrected chi connectivity index (χ0v) is 11.9. The number of likely N-dealkylation sites (tertiary alicyclic amines) is 1. The van der Waals surface area contributed by atoms with Gasteiger partial charge in [0.2, 0.25) is 0 Å². The first kappa shape index (κ1) is 13.9. The maximum atomic E-state index is 12.0. The van der Waals surface area contributed by atoms with E-state index in [9.17, 15) is 4.79 Å². The second kappa shape index (κ2) is 6.06. The summed E-state index contributed by atoms with van der Waals surface area (Å²) in [6.07, 6.45) is 1.78. The first-order valence-corrected chi connectivity index (χ1v) is 6.76. The molecule has 0 unspecified atom stereocenters. The van der Waals surface area contributed by atoms with Crippen LogP contribution in [0.3, 0.4) is 0 Å². The third-order valence-corrected chi connectivity index (χ3v) is 3.68. The van der Waals surface area contributed by atoms with Crippen molar-refractivity contribution in [3.8, 4) is 5.75 Å². The van der Waals surface area contributed by atoms with Crippen LogP contribution >= 0.6 is 0 Å². The number of aryl methyl sites for hydroxylation is 1. The van der Waals surface area contributed by atoms with Crippen LogP contribution in [0.25, 0.3) is 0 Å². The fourth-order valence-corrected chi connectivity index (χ4v) is 2.34. The molecule has 1 heterocycles. The van der Waals surface area contributed by atoms with Crippen LogP contribution in [0.15, 0.2) is 24.3 Å². The maximum Gasteiger partial charge on any atom is 0.415 e. The standard InChI is InChI=1S/C15H22N2O2/c1-12-4-6-14(7-5-12)19-15(18)17-10-8-13(9-11-17)16(2)3/h4-7,13H,8-11H2,1-3H3. The van der Waals surface area contributed by atoms with Gasteiger partial charge >= 0.3 is 6.09 Å². The number of carbonyl (C=O) groups is 1. The number of nitrogens with zero attached hydrogens (tertiary/aromatic N) is 2. The van der Waals surface area contributed by atoms with Crippen LogP contribution in [-0.2, 0) is 0 Å². The molecule has 1 amide bonds. The van der Waals surface area contributed by atoms with Gasteiger partial charge in [-0.3, -0.25) is 0 Å². The summed E-state index contributed by atoms with van der Waals surface area (Å²) >= 11 is 0. The van der Waals surface area contributed by atoms with Gasteiger partial charge in [-0.25, -0.2) is 4.79 Å². The molecule has 0 saturated carbocycles. The lowest BCUT2D eigenvalue weighted by atomic mass is 10.0. The third-order valence-electron chi connectivity index (χ3n) is 3.68. The van der Waals surface area contributed by atoms with Gasteiger partial charge in [0.25, 0.3) is 0 Å². The minimum atomic E-state index is -0.235. The van der Waals surface area contributed by atoms with Crippen molar-refractivity contribution >= 4 is 6.09 Å². The molecule has 0 spiro atoms. The highest BCUT2D eigenvalue weighted by Crippen LogP contribution is 2.17. The number of benzene rings is 1. The van der Waals surface area contributed by atoms with Crippen molar-refractivity contribution in [2.75, 3.05) is 27.2 Å². The molecule has 1 fully saturated rings. The molecule has 0 bridgehead atoms. The second-order valence-electron chi connectivity index (χ2n) is 5.36. The Morgan fingerprint density at radius 1 is 1.21 bits per heavy atom. The Hall–Kier alpha value is -1.55. The first-order chi connectivity index (χ1) is 9.06. The zero-order valence-electron chi connectivity index (χ0n) is 11.9. The molecule has 2 rings (SSSR count). The fourth-order valence-electron chi connectivity index (χ4n) is 2.34. The Labute approximate surface area is 115 Å². The van der Waals surface area contributed by atoms with E-state index in [1.165, 1.54) is 0 Å². The fraction of sp³-hybridized carbons (Fsp3) is 0.533. The zero-order chi connectivity index (χ0) is 13.8. The highest BCUT2D eigenvalue weighted by molar-refractivity contribution is 5.70. The van der Waals surface area contributed by atoms with E-state index in [1.54, 1.807) is 4.90 Å². The Morgan fingerprint density at radius 3 is 2.32 bits per heavy atom. The van der Waals surface area contributed by atoms with Crippen molar-refractivity contribution in [1.82, 2.24) is 9.80 Å². The van der Waals surface area contributed by atoms with E-state index in [1.807, 2.05) is 31.2 Å². The van der Waals surface area contributed by atoms with Crippen LogP contribution in [0.5, 0.6) is 5.75 Å². The van der Waals surface area contributed by atoms with Crippen molar-refractivity contribution in [2.24, 2.45) is 0 Å². The van der Waals surface area contributed by atoms with Gasteiger partial charge in [0.05, 0.1) is 0 Å². The molecule has 1 aliphatic rings. The molecule has 104 valence electrons. The summed E-state index contributed by atoms with van der Waals surface area (Å²) in [6, 6.07) is 8.13. The minimum absolute atomic E-state index is 0.235. The predicted octanol–water partition coefficient (Wildman–Crippen LogP) is 2.52. The van der Waals surface area contributed by atoms with Gasteiger partial charge in [0, 0.05) is 19.1 Å². The first-order valence-electron chi connectivity index (χ1n) is 6.76. The number of amides is 1. The average Bonchev–Trinajstić information content (AvgIpc) is 2.41. The summed E-state index contributed by atoms with van der Waals surface area (Å²) in [6.45, 7) is 3.55. The molecule has 0 aliphatic carbocycles. The van der Waals surface area contributed by atoms with Crippen LogP contribution in [0.4, 0.5) is 4.79 Å². The van der Waals surface area contributed by atoms with Crippen LogP contribution in [0.2, 0.25) is 0 Å². The Bertz CT molecular complexity index is 420. The molecule has 1 saturated heterocycles. The summed E-state index contributed by atoms with van der Waals surface area (Å²) in [5.74, 6) is 0.616. The third kappa shape index (κ3) is 3.70. The van der Waals surface area contributed by atoms with Gasteiger partial charge in [-0.15, -0.1) is 0 Å². The molecule has 4 heteroatoms. The Balaban J connectivity index is 1.86. The molecular formula is C15H22N2O2. The van der Waals surface area contributed by atoms with Crippen molar-refractivity contribution in [3.05, 3.63) is 29.8 Å². The molecule has 1 aromatic rings. The lowest BCUT2D eigenvalue weighted by Gasteiger charge is -2.34. The van der Waals surface area contributed by atoms with Crippen LogP contribution in [-0.4, -0.2) is 49.1 Å². The SMILES string of the molecule is Cc1ccc(OC(=O)N2CCC(N(C)C)CC2)cc1. The highest BCUT2D eigenvalue weighted by Gasteiger charge is 2.24. The van der Waals surface area contributed by atoms with Crippen molar-refractivity contribution in [2.45, 2.75) is 25.8 Å². The smallest absolute Gasteiger partial charge is 0.410 e. The molecule has 4 nitrogen and oxygen atoms in total. The van der Waals surface area contributed by atoms with Crippen LogP contribution < -0.4 is 4.74 Å². The normalized spacial score (nSPS) is 16.7. The molecule has 0 atom stereocenters. The molecule has 0 N–H and O–H groups in total. The van der Waals surface area contributed by atoms with E-state index in [2.05, 4.69) is 19.0 Å². The number of hydrogen-bond acceptors (Lipinski definition) is 3. The van der Waals surface area contributed by atoms with E-state index >= 15 is 0 Å². The van der Waals surface area contributed by atoms with Gasteiger partial charge in [-0.1, -0.05) is 17.7 Å². The van der Waals surface area contributed by atoms with Gasteiger partial charge < -0.3 is 14.5 Å². The summed E-state index contributed by atoms with van der Waals surface area (Å²) in [5, 5.41) is 0. The summed E-state index contributed by atoms with van der Waals surface area (Å²) < 4.78 is 5.38. The summed E-state index contributed by atoms with van der Waals surface area (Å²) in [7, 11) is 4.18. The van der Waals surface area contributed by atoms with E-state index in [0.717, 1.165) is 31.5 Å². The predicted molar refractivity (Wildman–Crippen MR) is 75.5 cm³/mol. The number of piperidine rings is 1. The molecule has 19 heavy (non-hydrogen) atoms. The number of rotatable bonds is 2. The van der Waals surface area contributed by atoms with Gasteiger partial charge in [-0.05, 0) is 46.0 Å². The highest BCUT2D eigenvalue weighted by atomic mass is 16.6. The number of ether oxygens (including phenoxy) is 1. The van der Waals surface area contributed by atoms with Crippen molar-refractivity contribution in [1.29, 1.82) is 0 Å². The second-order valence-corrected chi connectivity index (χ2v) is 5.36. The largest absolute Gasteiger partial charge is 0.415 e. The molecular weight excluding hydrogens is 240 g/mol. The number of carbonyl (C=O) groups excluding carboxylic acids is 1. The Kier molecular flexibility index (Phi) is 4.43. The summed E-state index contributed by atoms with van der Waals surface area (Å²) in [5.41, 5.74) is 1.16. The topological polar surface area (TPSA) is 32.8 Å². The molecule has 1 aromatic carbocycles. The summed E-state index contributed by atoms with van der Waals surface area (Å²) in [4.78, 5) is 16.0. The quantitative estimate of drug-likeness (QED) is 0.821. The maximum absolute atomic E-state index is 12.0. The molecule has 0 aromatic heterocycles. The van der Waals surface area contributed by atoms with Crippen LogP contribution in [0, 0.1) is 6.92 Å². The lowest BCUT2D eigenvalue weighted by molar-refractivity contribution is 0.118. The van der Waals surface area contributed by atoms with E-state index in [0.29, 0.717) is 11.8 Å². The Morgan fingerprint density at radius 2 is 1.79 bits per heavy atom.